The summed E-state index contributed by atoms with van der Waals surface area (Å²) in [6.45, 7) is 6.08. The molecule has 0 spiro atoms. The summed E-state index contributed by atoms with van der Waals surface area (Å²) in [5.74, 6) is -0.0206. The van der Waals surface area contributed by atoms with E-state index in [0.29, 0.717) is 17.3 Å². The SMILES string of the molecule is CCC(C)N(C)CCNc1cc(N)ccc1C(=O)N(C)C. The van der Waals surface area contributed by atoms with Gasteiger partial charge in [0.25, 0.3) is 5.91 Å². The Hall–Kier alpha value is -1.75. The van der Waals surface area contributed by atoms with Gasteiger partial charge in [-0.05, 0) is 38.6 Å². The number of hydrogen-bond acceptors (Lipinski definition) is 4. The summed E-state index contributed by atoms with van der Waals surface area (Å²) in [6, 6.07) is 5.90. The Kier molecular flexibility index (Phi) is 6.49. The summed E-state index contributed by atoms with van der Waals surface area (Å²) >= 11 is 0. The third kappa shape index (κ3) is 4.93. The van der Waals surface area contributed by atoms with Gasteiger partial charge in [0.2, 0.25) is 0 Å². The Morgan fingerprint density at radius 1 is 1.33 bits per heavy atom. The van der Waals surface area contributed by atoms with Gasteiger partial charge in [0, 0.05) is 44.6 Å². The molecule has 1 rings (SSSR count). The van der Waals surface area contributed by atoms with Gasteiger partial charge in [-0.25, -0.2) is 0 Å². The van der Waals surface area contributed by atoms with E-state index >= 15 is 0 Å². The number of likely N-dealkylation sites (N-methyl/N-ethyl adjacent to an activating group) is 1. The Labute approximate surface area is 128 Å². The molecule has 0 bridgehead atoms. The fourth-order valence-electron chi connectivity index (χ4n) is 2.03. The monoisotopic (exact) mass is 292 g/mol. The first-order chi connectivity index (χ1) is 9.86. The highest BCUT2D eigenvalue weighted by molar-refractivity contribution is 5.99. The fraction of sp³-hybridized carbons (Fsp3) is 0.562. The van der Waals surface area contributed by atoms with Crippen molar-refractivity contribution in [2.75, 3.05) is 45.3 Å². The highest BCUT2D eigenvalue weighted by Crippen LogP contribution is 2.20. The van der Waals surface area contributed by atoms with Crippen LogP contribution in [0.25, 0.3) is 0 Å². The molecular weight excluding hydrogens is 264 g/mol. The van der Waals surface area contributed by atoms with Crippen molar-refractivity contribution in [3.63, 3.8) is 0 Å². The molecule has 21 heavy (non-hydrogen) atoms. The normalized spacial score (nSPS) is 12.3. The van der Waals surface area contributed by atoms with E-state index in [1.807, 2.05) is 6.07 Å². The van der Waals surface area contributed by atoms with Gasteiger partial charge in [-0.15, -0.1) is 0 Å². The number of nitrogen functional groups attached to an aromatic ring is 1. The van der Waals surface area contributed by atoms with Gasteiger partial charge in [0.15, 0.2) is 0 Å². The molecule has 0 heterocycles. The lowest BCUT2D eigenvalue weighted by atomic mass is 10.1. The average molecular weight is 292 g/mol. The second kappa shape index (κ2) is 7.88. The zero-order valence-corrected chi connectivity index (χ0v) is 13.8. The van der Waals surface area contributed by atoms with Crippen molar-refractivity contribution in [1.29, 1.82) is 0 Å². The molecule has 3 N–H and O–H groups in total. The first kappa shape index (κ1) is 17.3. The number of nitrogens with zero attached hydrogens (tertiary/aromatic N) is 2. The van der Waals surface area contributed by atoms with Crippen molar-refractivity contribution in [1.82, 2.24) is 9.80 Å². The average Bonchev–Trinajstić information content (AvgIpc) is 2.45. The Balaban J connectivity index is 2.74. The first-order valence-corrected chi connectivity index (χ1v) is 7.42. The molecule has 0 radical (unpaired) electrons. The number of benzene rings is 1. The standard InChI is InChI=1S/C16H28N4O/c1-6-12(2)20(5)10-9-18-15-11-13(17)7-8-14(15)16(21)19(3)4/h7-8,11-12,18H,6,9-10,17H2,1-5H3. The molecule has 0 saturated heterocycles. The minimum Gasteiger partial charge on any atom is -0.399 e. The van der Waals surface area contributed by atoms with Crippen molar-refractivity contribution in [2.45, 2.75) is 26.3 Å². The van der Waals surface area contributed by atoms with Gasteiger partial charge < -0.3 is 20.9 Å². The zero-order chi connectivity index (χ0) is 16.0. The topological polar surface area (TPSA) is 61.6 Å². The maximum Gasteiger partial charge on any atom is 0.255 e. The van der Waals surface area contributed by atoms with Crippen LogP contribution in [0.3, 0.4) is 0 Å². The van der Waals surface area contributed by atoms with E-state index in [4.69, 9.17) is 5.73 Å². The maximum atomic E-state index is 12.2. The molecule has 0 fully saturated rings. The van der Waals surface area contributed by atoms with Crippen LogP contribution in [0.1, 0.15) is 30.6 Å². The molecule has 0 saturated carbocycles. The van der Waals surface area contributed by atoms with Gasteiger partial charge in [-0.3, -0.25) is 4.79 Å². The smallest absolute Gasteiger partial charge is 0.255 e. The Bertz CT molecular complexity index is 473. The third-order valence-corrected chi connectivity index (χ3v) is 3.80. The predicted molar refractivity (Wildman–Crippen MR) is 89.7 cm³/mol. The summed E-state index contributed by atoms with van der Waals surface area (Å²) in [7, 11) is 5.61. The number of nitrogens with one attached hydrogen (secondary N) is 1. The molecule has 1 aromatic carbocycles. The number of amides is 1. The number of rotatable bonds is 7. The van der Waals surface area contributed by atoms with Crippen LogP contribution in [0, 0.1) is 0 Å². The van der Waals surface area contributed by atoms with Crippen molar-refractivity contribution >= 4 is 17.3 Å². The molecule has 0 aliphatic heterocycles. The minimum absolute atomic E-state index is 0.0206. The predicted octanol–water partition coefficient (Wildman–Crippen LogP) is 2.11. The summed E-state index contributed by atoms with van der Waals surface area (Å²) < 4.78 is 0. The third-order valence-electron chi connectivity index (χ3n) is 3.80. The molecule has 0 aromatic heterocycles. The van der Waals surface area contributed by atoms with Crippen LogP contribution in [0.2, 0.25) is 0 Å². The maximum absolute atomic E-state index is 12.2. The summed E-state index contributed by atoms with van der Waals surface area (Å²) in [5, 5.41) is 3.33. The van der Waals surface area contributed by atoms with Crippen LogP contribution >= 0.6 is 0 Å². The number of anilines is 2. The van der Waals surface area contributed by atoms with E-state index in [1.165, 1.54) is 0 Å². The van der Waals surface area contributed by atoms with Crippen LogP contribution in [0.15, 0.2) is 18.2 Å². The fourth-order valence-corrected chi connectivity index (χ4v) is 2.03. The lowest BCUT2D eigenvalue weighted by Gasteiger charge is -2.24. The molecule has 5 heteroatoms. The molecule has 1 aromatic rings. The van der Waals surface area contributed by atoms with Crippen LogP contribution in [-0.2, 0) is 0 Å². The van der Waals surface area contributed by atoms with Gasteiger partial charge in [-0.1, -0.05) is 6.92 Å². The second-order valence-corrected chi connectivity index (χ2v) is 5.67. The van der Waals surface area contributed by atoms with E-state index in [1.54, 1.807) is 31.1 Å². The highest BCUT2D eigenvalue weighted by Gasteiger charge is 2.14. The van der Waals surface area contributed by atoms with Crippen LogP contribution in [0.4, 0.5) is 11.4 Å². The van der Waals surface area contributed by atoms with E-state index in [2.05, 4.69) is 31.1 Å². The molecular formula is C16H28N4O. The van der Waals surface area contributed by atoms with Crippen LogP contribution in [-0.4, -0.2) is 56.0 Å². The lowest BCUT2D eigenvalue weighted by Crippen LogP contribution is -2.33. The van der Waals surface area contributed by atoms with Crippen LogP contribution < -0.4 is 11.1 Å². The summed E-state index contributed by atoms with van der Waals surface area (Å²) in [6.07, 6.45) is 1.12. The van der Waals surface area contributed by atoms with Crippen molar-refractivity contribution in [2.24, 2.45) is 0 Å². The van der Waals surface area contributed by atoms with Gasteiger partial charge in [-0.2, -0.15) is 0 Å². The molecule has 118 valence electrons. The number of nitrogens with two attached hydrogens (primary N) is 1. The minimum atomic E-state index is -0.0206. The number of hydrogen-bond donors (Lipinski definition) is 2. The van der Waals surface area contributed by atoms with Crippen molar-refractivity contribution in [3.05, 3.63) is 23.8 Å². The van der Waals surface area contributed by atoms with Crippen LogP contribution in [0.5, 0.6) is 0 Å². The number of carbonyl (C=O) groups excluding carboxylic acids is 1. The second-order valence-electron chi connectivity index (χ2n) is 5.67. The van der Waals surface area contributed by atoms with Gasteiger partial charge >= 0.3 is 0 Å². The molecule has 0 aliphatic carbocycles. The van der Waals surface area contributed by atoms with Gasteiger partial charge in [0.05, 0.1) is 5.56 Å². The van der Waals surface area contributed by atoms with E-state index < -0.39 is 0 Å². The Morgan fingerprint density at radius 2 is 2.00 bits per heavy atom. The largest absolute Gasteiger partial charge is 0.399 e. The molecule has 5 nitrogen and oxygen atoms in total. The quantitative estimate of drug-likeness (QED) is 0.756. The number of carbonyl (C=O) groups is 1. The molecule has 1 atom stereocenters. The first-order valence-electron chi connectivity index (χ1n) is 7.42. The van der Waals surface area contributed by atoms with Gasteiger partial charge in [0.1, 0.15) is 0 Å². The van der Waals surface area contributed by atoms with Crippen molar-refractivity contribution in [3.8, 4) is 0 Å². The Morgan fingerprint density at radius 3 is 2.57 bits per heavy atom. The zero-order valence-electron chi connectivity index (χ0n) is 13.8. The molecule has 1 amide bonds. The van der Waals surface area contributed by atoms with E-state index in [0.717, 1.165) is 25.2 Å². The summed E-state index contributed by atoms with van der Waals surface area (Å²) in [4.78, 5) is 16.0. The molecule has 1 unspecified atom stereocenters. The molecule has 0 aliphatic rings. The highest BCUT2D eigenvalue weighted by atomic mass is 16.2. The summed E-state index contributed by atoms with van der Waals surface area (Å²) in [5.41, 5.74) is 7.94. The van der Waals surface area contributed by atoms with E-state index in [9.17, 15) is 4.79 Å². The van der Waals surface area contributed by atoms with Crippen molar-refractivity contribution < 1.29 is 4.79 Å². The lowest BCUT2D eigenvalue weighted by molar-refractivity contribution is 0.0828. The van der Waals surface area contributed by atoms with E-state index in [-0.39, 0.29) is 5.91 Å².